The van der Waals surface area contributed by atoms with Crippen molar-refractivity contribution in [3.05, 3.63) is 0 Å². The van der Waals surface area contributed by atoms with Crippen molar-refractivity contribution in [3.8, 4) is 0 Å². The third-order valence-electron chi connectivity index (χ3n) is 4.06. The molecule has 0 aliphatic carbocycles. The predicted octanol–water partition coefficient (Wildman–Crippen LogP) is 0.164. The van der Waals surface area contributed by atoms with E-state index in [1.807, 2.05) is 14.0 Å². The van der Waals surface area contributed by atoms with Crippen molar-refractivity contribution in [2.24, 2.45) is 0 Å². The summed E-state index contributed by atoms with van der Waals surface area (Å²) in [5, 5.41) is 3.09. The van der Waals surface area contributed by atoms with Crippen molar-refractivity contribution in [1.29, 1.82) is 0 Å². The molecule has 1 aliphatic heterocycles. The van der Waals surface area contributed by atoms with Crippen LogP contribution in [0.5, 0.6) is 0 Å². The second-order valence-corrected chi connectivity index (χ2v) is 5.35. The maximum Gasteiger partial charge on any atom is 0.327 e. The number of hydrogen-bond acceptors (Lipinski definition) is 5. The van der Waals surface area contributed by atoms with E-state index in [2.05, 4.69) is 29.1 Å². The number of likely N-dealkylation sites (N-methyl/N-ethyl adjacent to an activating group) is 2. The quantitative estimate of drug-likeness (QED) is 0.711. The molecule has 2 atom stereocenters. The molecule has 18 heavy (non-hydrogen) atoms. The third kappa shape index (κ3) is 3.43. The molecule has 1 rings (SSSR count). The Morgan fingerprint density at radius 2 is 2.17 bits per heavy atom. The van der Waals surface area contributed by atoms with Gasteiger partial charge in [0.05, 0.1) is 7.11 Å². The van der Waals surface area contributed by atoms with Gasteiger partial charge in [-0.15, -0.1) is 0 Å². The first-order chi connectivity index (χ1) is 8.46. The van der Waals surface area contributed by atoms with Crippen LogP contribution in [-0.4, -0.2) is 74.7 Å². The topological polar surface area (TPSA) is 44.8 Å². The lowest BCUT2D eigenvalue weighted by Gasteiger charge is -2.42. The van der Waals surface area contributed by atoms with Crippen molar-refractivity contribution in [3.63, 3.8) is 0 Å². The number of ether oxygens (including phenoxy) is 1. The van der Waals surface area contributed by atoms with Crippen LogP contribution in [0, 0.1) is 0 Å². The minimum absolute atomic E-state index is 0.197. The fourth-order valence-electron chi connectivity index (χ4n) is 2.51. The number of methoxy groups -OCH3 is 1. The molecule has 0 bridgehead atoms. The average Bonchev–Trinajstić information content (AvgIpc) is 2.39. The maximum atomic E-state index is 11.8. The molecule has 1 heterocycles. The zero-order valence-corrected chi connectivity index (χ0v) is 12.3. The van der Waals surface area contributed by atoms with Crippen molar-refractivity contribution >= 4 is 5.97 Å². The second kappa shape index (κ2) is 6.50. The molecule has 0 spiro atoms. The van der Waals surface area contributed by atoms with E-state index in [4.69, 9.17) is 4.74 Å². The highest BCUT2D eigenvalue weighted by Crippen LogP contribution is 2.15. The first-order valence-corrected chi connectivity index (χ1v) is 6.66. The summed E-state index contributed by atoms with van der Waals surface area (Å²) in [5.41, 5.74) is -0.622. The van der Waals surface area contributed by atoms with E-state index >= 15 is 0 Å². The largest absolute Gasteiger partial charge is 0.468 e. The van der Waals surface area contributed by atoms with Gasteiger partial charge in [-0.1, -0.05) is 6.92 Å². The van der Waals surface area contributed by atoms with Gasteiger partial charge in [0.1, 0.15) is 5.54 Å². The molecule has 0 aromatic carbocycles. The van der Waals surface area contributed by atoms with E-state index in [9.17, 15) is 4.79 Å². The fourth-order valence-corrected chi connectivity index (χ4v) is 2.51. The van der Waals surface area contributed by atoms with Gasteiger partial charge in [-0.3, -0.25) is 9.69 Å². The van der Waals surface area contributed by atoms with Crippen LogP contribution in [-0.2, 0) is 9.53 Å². The molecule has 5 nitrogen and oxygen atoms in total. The highest BCUT2D eigenvalue weighted by atomic mass is 16.5. The van der Waals surface area contributed by atoms with E-state index < -0.39 is 5.54 Å². The zero-order valence-electron chi connectivity index (χ0n) is 12.3. The molecule has 1 N–H and O–H groups in total. The SMILES string of the molecule is CCC1CN(CC(C)(NC)C(=O)OC)CCN1C. The van der Waals surface area contributed by atoms with Crippen molar-refractivity contribution < 1.29 is 9.53 Å². The van der Waals surface area contributed by atoms with Gasteiger partial charge in [0.25, 0.3) is 0 Å². The van der Waals surface area contributed by atoms with Gasteiger partial charge in [-0.25, -0.2) is 0 Å². The third-order valence-corrected chi connectivity index (χ3v) is 4.06. The molecule has 1 fully saturated rings. The molecular weight excluding hydrogens is 230 g/mol. The molecule has 0 saturated carbocycles. The number of carbonyl (C=O) groups is 1. The van der Waals surface area contributed by atoms with Crippen LogP contribution in [0.3, 0.4) is 0 Å². The van der Waals surface area contributed by atoms with Crippen LogP contribution in [0.1, 0.15) is 20.3 Å². The van der Waals surface area contributed by atoms with Crippen LogP contribution in [0.25, 0.3) is 0 Å². The highest BCUT2D eigenvalue weighted by Gasteiger charge is 2.36. The highest BCUT2D eigenvalue weighted by molar-refractivity contribution is 5.80. The lowest BCUT2D eigenvalue weighted by Crippen LogP contribution is -2.60. The van der Waals surface area contributed by atoms with E-state index in [1.54, 1.807) is 0 Å². The summed E-state index contributed by atoms with van der Waals surface area (Å²) in [6, 6.07) is 0.581. The van der Waals surface area contributed by atoms with Gasteiger partial charge in [0.2, 0.25) is 0 Å². The van der Waals surface area contributed by atoms with Gasteiger partial charge in [-0.05, 0) is 27.4 Å². The van der Waals surface area contributed by atoms with Crippen LogP contribution in [0.2, 0.25) is 0 Å². The summed E-state index contributed by atoms with van der Waals surface area (Å²) in [4.78, 5) is 16.6. The molecule has 0 amide bonds. The van der Waals surface area contributed by atoms with Crippen LogP contribution in [0.4, 0.5) is 0 Å². The van der Waals surface area contributed by atoms with E-state index in [0.717, 1.165) is 26.1 Å². The number of carbonyl (C=O) groups excluding carboxylic acids is 1. The molecule has 1 aliphatic rings. The minimum atomic E-state index is -0.622. The predicted molar refractivity (Wildman–Crippen MR) is 72.6 cm³/mol. The standard InChI is InChI=1S/C13H27N3O2/c1-6-11-9-16(8-7-15(11)4)10-13(2,14-3)12(17)18-5/h11,14H,6-10H2,1-5H3. The molecule has 2 unspecified atom stereocenters. The smallest absolute Gasteiger partial charge is 0.327 e. The number of piperazine rings is 1. The zero-order chi connectivity index (χ0) is 13.8. The lowest BCUT2D eigenvalue weighted by atomic mass is 10.0. The second-order valence-electron chi connectivity index (χ2n) is 5.35. The van der Waals surface area contributed by atoms with Crippen molar-refractivity contribution in [2.75, 3.05) is 47.4 Å². The normalized spacial score (nSPS) is 25.7. The van der Waals surface area contributed by atoms with Crippen LogP contribution < -0.4 is 5.32 Å². The number of esters is 1. The monoisotopic (exact) mass is 257 g/mol. The molecule has 106 valence electrons. The Morgan fingerprint density at radius 1 is 1.50 bits per heavy atom. The summed E-state index contributed by atoms with van der Waals surface area (Å²) in [5.74, 6) is -0.197. The van der Waals surface area contributed by atoms with Gasteiger partial charge in [-0.2, -0.15) is 0 Å². The number of nitrogens with zero attached hydrogens (tertiary/aromatic N) is 2. The van der Waals surface area contributed by atoms with E-state index in [1.165, 1.54) is 7.11 Å². The van der Waals surface area contributed by atoms with Crippen LogP contribution >= 0.6 is 0 Å². The maximum absolute atomic E-state index is 11.8. The summed E-state index contributed by atoms with van der Waals surface area (Å²) in [6.07, 6.45) is 1.14. The van der Waals surface area contributed by atoms with E-state index in [0.29, 0.717) is 12.6 Å². The average molecular weight is 257 g/mol. The van der Waals surface area contributed by atoms with Gasteiger partial charge < -0.3 is 15.0 Å². The fraction of sp³-hybridized carbons (Fsp3) is 0.923. The number of rotatable bonds is 5. The lowest BCUT2D eigenvalue weighted by molar-refractivity contribution is -0.148. The van der Waals surface area contributed by atoms with E-state index in [-0.39, 0.29) is 5.97 Å². The minimum Gasteiger partial charge on any atom is -0.468 e. The molecule has 5 heteroatoms. The van der Waals surface area contributed by atoms with Gasteiger partial charge in [0.15, 0.2) is 0 Å². The van der Waals surface area contributed by atoms with Crippen molar-refractivity contribution in [1.82, 2.24) is 15.1 Å². The number of hydrogen-bond donors (Lipinski definition) is 1. The summed E-state index contributed by atoms with van der Waals surface area (Å²) < 4.78 is 4.88. The summed E-state index contributed by atoms with van der Waals surface area (Å²) in [7, 11) is 5.42. The summed E-state index contributed by atoms with van der Waals surface area (Å²) >= 11 is 0. The Balaban J connectivity index is 2.63. The Labute approximate surface area is 110 Å². The van der Waals surface area contributed by atoms with Gasteiger partial charge in [0, 0.05) is 32.2 Å². The molecule has 0 aromatic heterocycles. The molecule has 1 saturated heterocycles. The Hall–Kier alpha value is -0.650. The Morgan fingerprint density at radius 3 is 2.67 bits per heavy atom. The molecule has 0 aromatic rings. The first-order valence-electron chi connectivity index (χ1n) is 6.66. The summed E-state index contributed by atoms with van der Waals surface area (Å²) in [6.45, 7) is 7.88. The van der Waals surface area contributed by atoms with Crippen molar-refractivity contribution in [2.45, 2.75) is 31.8 Å². The van der Waals surface area contributed by atoms with Crippen LogP contribution in [0.15, 0.2) is 0 Å². The Bertz CT molecular complexity index is 285. The van der Waals surface area contributed by atoms with Gasteiger partial charge >= 0.3 is 5.97 Å². The first kappa shape index (κ1) is 15.4. The molecule has 0 radical (unpaired) electrons. The molecular formula is C13H27N3O2. The number of nitrogens with one attached hydrogen (secondary N) is 1. The Kier molecular flexibility index (Phi) is 5.56.